The zero-order valence-electron chi connectivity index (χ0n) is 20.0. The highest BCUT2D eigenvalue weighted by Gasteiger charge is 2.43. The molecule has 34 heavy (non-hydrogen) atoms. The fourth-order valence-corrected chi connectivity index (χ4v) is 7.57. The fraction of sp³-hybridized carbons (Fsp3) is 0.467. The minimum atomic E-state index is -0.0332. The molecule has 1 heterocycles. The van der Waals surface area contributed by atoms with Crippen LogP contribution in [0.25, 0.3) is 11.3 Å². The summed E-state index contributed by atoms with van der Waals surface area (Å²) in [6.45, 7) is 0.835. The van der Waals surface area contributed by atoms with Crippen molar-refractivity contribution in [3.8, 4) is 11.3 Å². The van der Waals surface area contributed by atoms with E-state index in [0.717, 1.165) is 48.6 Å². The third-order valence-corrected chi connectivity index (χ3v) is 9.43. The number of rotatable bonds is 5. The molecule has 2 aromatic carbocycles. The van der Waals surface area contributed by atoms with Crippen LogP contribution in [0.3, 0.4) is 0 Å². The minimum Gasteiger partial charge on any atom is -0.295 e. The topological polar surface area (TPSA) is 34.9 Å². The molecule has 4 heteroatoms. The molecule has 0 amide bonds. The van der Waals surface area contributed by atoms with Gasteiger partial charge in [0, 0.05) is 22.4 Å². The van der Waals surface area contributed by atoms with Crippen LogP contribution in [0.1, 0.15) is 74.7 Å². The highest BCUT2D eigenvalue weighted by Crippen LogP contribution is 2.48. The summed E-state index contributed by atoms with van der Waals surface area (Å²) in [7, 11) is 0. The molecule has 2 saturated carbocycles. The van der Waals surface area contributed by atoms with Crippen LogP contribution in [-0.4, -0.2) is 9.55 Å². The van der Waals surface area contributed by atoms with Gasteiger partial charge in [0.05, 0.1) is 17.0 Å². The average Bonchev–Trinajstić information content (AvgIpc) is 3.39. The van der Waals surface area contributed by atoms with Crippen molar-refractivity contribution in [2.75, 3.05) is 0 Å². The molecule has 0 saturated heterocycles. The van der Waals surface area contributed by atoms with Crippen molar-refractivity contribution in [2.24, 2.45) is 5.92 Å². The molecule has 3 aliphatic carbocycles. The molecule has 0 radical (unpaired) electrons. The van der Waals surface area contributed by atoms with E-state index < -0.39 is 0 Å². The molecule has 6 rings (SSSR count). The second-order valence-electron chi connectivity index (χ2n) is 10.6. The molecule has 2 fully saturated rings. The summed E-state index contributed by atoms with van der Waals surface area (Å²) in [6.07, 6.45) is 12.0. The van der Waals surface area contributed by atoms with E-state index in [1.807, 2.05) is 0 Å². The normalized spacial score (nSPS) is 19.2. The first kappa shape index (κ1) is 22.2. The van der Waals surface area contributed by atoms with Crippen molar-refractivity contribution in [1.29, 1.82) is 0 Å². The van der Waals surface area contributed by atoms with E-state index in [-0.39, 0.29) is 11.0 Å². The predicted octanol–water partition coefficient (Wildman–Crippen LogP) is 7.15. The van der Waals surface area contributed by atoms with E-state index in [2.05, 4.69) is 59.2 Å². The smallest absolute Gasteiger partial charge is 0.257 e. The molecule has 3 aliphatic rings. The molecule has 176 valence electrons. The van der Waals surface area contributed by atoms with Gasteiger partial charge >= 0.3 is 0 Å². The number of benzene rings is 2. The molecule has 0 aliphatic heterocycles. The lowest BCUT2D eigenvalue weighted by molar-refractivity contribution is 0.281. The number of hydrogen-bond acceptors (Lipinski definition) is 3. The molecule has 1 aromatic heterocycles. The maximum Gasteiger partial charge on any atom is 0.257 e. The molecule has 3 aromatic rings. The molecule has 0 unspecified atom stereocenters. The van der Waals surface area contributed by atoms with Gasteiger partial charge < -0.3 is 0 Å². The lowest BCUT2D eigenvalue weighted by Gasteiger charge is -2.42. The van der Waals surface area contributed by atoms with Gasteiger partial charge in [-0.15, -0.1) is 11.8 Å². The van der Waals surface area contributed by atoms with Crippen LogP contribution in [-0.2, 0) is 24.1 Å². The van der Waals surface area contributed by atoms with Gasteiger partial charge in [-0.2, -0.15) is 0 Å². The zero-order valence-corrected chi connectivity index (χ0v) is 20.8. The Morgan fingerprint density at radius 3 is 2.44 bits per heavy atom. The Balaban J connectivity index is 1.50. The van der Waals surface area contributed by atoms with Gasteiger partial charge in [-0.1, -0.05) is 74.6 Å². The highest BCUT2D eigenvalue weighted by molar-refractivity contribution is 7.98. The van der Waals surface area contributed by atoms with Gasteiger partial charge in [-0.3, -0.25) is 9.36 Å². The third kappa shape index (κ3) is 4.04. The van der Waals surface area contributed by atoms with Crippen LogP contribution in [0.15, 0.2) is 64.3 Å². The molecule has 0 bridgehead atoms. The van der Waals surface area contributed by atoms with Gasteiger partial charge in [0.15, 0.2) is 0 Å². The van der Waals surface area contributed by atoms with Crippen molar-refractivity contribution < 1.29 is 0 Å². The quantitative estimate of drug-likeness (QED) is 0.371. The Bertz CT molecular complexity index is 1220. The fourth-order valence-electron chi connectivity index (χ4n) is 6.70. The number of aromatic nitrogens is 2. The summed E-state index contributed by atoms with van der Waals surface area (Å²) in [5.41, 5.74) is 4.81. The monoisotopic (exact) mass is 470 g/mol. The predicted molar refractivity (Wildman–Crippen MR) is 140 cm³/mol. The van der Waals surface area contributed by atoms with Gasteiger partial charge in [0.25, 0.3) is 5.56 Å². The van der Waals surface area contributed by atoms with E-state index in [0.29, 0.717) is 5.92 Å². The van der Waals surface area contributed by atoms with Gasteiger partial charge in [-0.05, 0) is 55.7 Å². The highest BCUT2D eigenvalue weighted by atomic mass is 32.2. The minimum absolute atomic E-state index is 0.0332. The van der Waals surface area contributed by atoms with Gasteiger partial charge in [0.2, 0.25) is 0 Å². The van der Waals surface area contributed by atoms with Crippen LogP contribution < -0.4 is 5.56 Å². The lowest BCUT2D eigenvalue weighted by atomic mass is 9.62. The first-order chi connectivity index (χ1) is 16.7. The Kier molecular flexibility index (Phi) is 6.11. The summed E-state index contributed by atoms with van der Waals surface area (Å²) in [5.74, 6) is 2.29. The number of fused-ring (bicyclic) bond motifs is 4. The molecule has 1 spiro atoms. The van der Waals surface area contributed by atoms with E-state index in [4.69, 9.17) is 4.98 Å². The average molecular weight is 471 g/mol. The maximum atomic E-state index is 14.4. The van der Waals surface area contributed by atoms with Gasteiger partial charge in [-0.25, -0.2) is 4.98 Å². The molecular weight excluding hydrogens is 436 g/mol. The first-order valence-corrected chi connectivity index (χ1v) is 14.1. The molecular formula is C30H34N2OS. The largest absolute Gasteiger partial charge is 0.295 e. The Labute approximate surface area is 207 Å². The van der Waals surface area contributed by atoms with Crippen molar-refractivity contribution in [3.05, 3.63) is 81.9 Å². The van der Waals surface area contributed by atoms with E-state index in [1.54, 1.807) is 11.8 Å². The summed E-state index contributed by atoms with van der Waals surface area (Å²) in [5, 5.41) is 0. The second-order valence-corrected chi connectivity index (χ2v) is 11.6. The maximum absolute atomic E-state index is 14.4. The number of thioether (sulfide) groups is 1. The summed E-state index contributed by atoms with van der Waals surface area (Å²) in [4.78, 5) is 21.0. The van der Waals surface area contributed by atoms with E-state index in [1.165, 1.54) is 61.0 Å². The Morgan fingerprint density at radius 1 is 0.912 bits per heavy atom. The zero-order chi connectivity index (χ0) is 23.0. The summed E-state index contributed by atoms with van der Waals surface area (Å²) >= 11 is 1.79. The van der Waals surface area contributed by atoms with Crippen LogP contribution >= 0.6 is 11.8 Å². The first-order valence-electron chi connectivity index (χ1n) is 13.1. The lowest BCUT2D eigenvalue weighted by Crippen LogP contribution is -2.44. The SMILES string of the molecule is O=c1c2c(nc(CSc3ccccc3)n1CC1CCCC1)-c1ccccc1CC21CCCCC1. The van der Waals surface area contributed by atoms with Crippen LogP contribution in [0.2, 0.25) is 0 Å². The van der Waals surface area contributed by atoms with E-state index in [9.17, 15) is 4.79 Å². The van der Waals surface area contributed by atoms with Crippen molar-refractivity contribution in [1.82, 2.24) is 9.55 Å². The molecule has 0 atom stereocenters. The summed E-state index contributed by atoms with van der Waals surface area (Å²) < 4.78 is 2.11. The van der Waals surface area contributed by atoms with Crippen LogP contribution in [0.4, 0.5) is 0 Å². The van der Waals surface area contributed by atoms with Crippen LogP contribution in [0.5, 0.6) is 0 Å². The van der Waals surface area contributed by atoms with E-state index >= 15 is 0 Å². The van der Waals surface area contributed by atoms with Crippen molar-refractivity contribution >= 4 is 11.8 Å². The Morgan fingerprint density at radius 2 is 1.65 bits per heavy atom. The standard InChI is InChI=1S/C30H34N2OS/c33-29-27-28(25-16-8-7-13-23(25)19-30(27)17-9-2-10-18-30)31-26(21-34-24-14-3-1-4-15-24)32(29)20-22-11-5-6-12-22/h1,3-4,7-8,13-16,22H,2,5-6,9-12,17-21H2. The van der Waals surface area contributed by atoms with Gasteiger partial charge in [0.1, 0.15) is 5.82 Å². The second kappa shape index (κ2) is 9.37. The molecule has 3 nitrogen and oxygen atoms in total. The number of hydrogen-bond donors (Lipinski definition) is 0. The van der Waals surface area contributed by atoms with Crippen molar-refractivity contribution in [2.45, 2.75) is 86.8 Å². The van der Waals surface area contributed by atoms with Crippen molar-refractivity contribution in [3.63, 3.8) is 0 Å². The third-order valence-electron chi connectivity index (χ3n) is 8.42. The number of nitrogens with zero attached hydrogens (tertiary/aromatic N) is 2. The Hall–Kier alpha value is -2.33. The summed E-state index contributed by atoms with van der Waals surface area (Å²) in [6, 6.07) is 19.2. The molecule has 0 N–H and O–H groups in total. The van der Waals surface area contributed by atoms with Crippen LogP contribution in [0, 0.1) is 5.92 Å².